The summed E-state index contributed by atoms with van der Waals surface area (Å²) in [7, 11) is 0. The lowest BCUT2D eigenvalue weighted by Gasteiger charge is -2.32. The molecular formula is C15H23ClN2O2. The molecule has 1 aliphatic heterocycles. The predicted molar refractivity (Wildman–Crippen MR) is 81.4 cm³/mol. The molecule has 20 heavy (non-hydrogen) atoms. The third-order valence-corrected chi connectivity index (χ3v) is 3.79. The molecule has 2 rings (SSSR count). The quantitative estimate of drug-likeness (QED) is 0.907. The molecule has 4 nitrogen and oxygen atoms in total. The van der Waals surface area contributed by atoms with E-state index >= 15 is 0 Å². The summed E-state index contributed by atoms with van der Waals surface area (Å²) in [6, 6.07) is 5.45. The topological polar surface area (TPSA) is 47.7 Å². The number of nitrogens with two attached hydrogens (primary N) is 1. The number of ether oxygens (including phenoxy) is 2. The van der Waals surface area contributed by atoms with Gasteiger partial charge in [-0.2, -0.15) is 0 Å². The fourth-order valence-electron chi connectivity index (χ4n) is 2.36. The Morgan fingerprint density at radius 2 is 2.35 bits per heavy atom. The lowest BCUT2D eigenvalue weighted by atomic mass is 10.1. The van der Waals surface area contributed by atoms with Crippen molar-refractivity contribution in [3.8, 4) is 5.75 Å². The SMILES string of the molecule is CCN1CCOC(COc2ccc(Cl)cc2[C@@H](C)N)C1. The molecule has 0 radical (unpaired) electrons. The van der Waals surface area contributed by atoms with Crippen LogP contribution in [0, 0.1) is 0 Å². The number of nitrogens with zero attached hydrogens (tertiary/aromatic N) is 1. The van der Waals surface area contributed by atoms with E-state index in [-0.39, 0.29) is 12.1 Å². The van der Waals surface area contributed by atoms with E-state index in [9.17, 15) is 0 Å². The molecule has 1 aromatic carbocycles. The molecule has 112 valence electrons. The van der Waals surface area contributed by atoms with Crippen LogP contribution in [-0.4, -0.2) is 43.9 Å². The normalized spacial score (nSPS) is 21.7. The summed E-state index contributed by atoms with van der Waals surface area (Å²) in [6.07, 6.45) is 0.111. The van der Waals surface area contributed by atoms with Gasteiger partial charge >= 0.3 is 0 Å². The second kappa shape index (κ2) is 7.27. The first-order valence-corrected chi connectivity index (χ1v) is 7.49. The Hall–Kier alpha value is -0.810. The highest BCUT2D eigenvalue weighted by Crippen LogP contribution is 2.27. The molecular weight excluding hydrogens is 276 g/mol. The van der Waals surface area contributed by atoms with Gasteiger partial charge in [0.1, 0.15) is 18.5 Å². The molecule has 5 heteroatoms. The molecule has 0 aromatic heterocycles. The summed E-state index contributed by atoms with van der Waals surface area (Å²) in [5.74, 6) is 0.793. The molecule has 0 bridgehead atoms. The van der Waals surface area contributed by atoms with Gasteiger partial charge in [0.25, 0.3) is 0 Å². The van der Waals surface area contributed by atoms with Crippen molar-refractivity contribution >= 4 is 11.6 Å². The Morgan fingerprint density at radius 3 is 3.05 bits per heavy atom. The van der Waals surface area contributed by atoms with Crippen LogP contribution in [0.5, 0.6) is 5.75 Å². The van der Waals surface area contributed by atoms with Crippen molar-refractivity contribution in [1.82, 2.24) is 4.90 Å². The highest BCUT2D eigenvalue weighted by atomic mass is 35.5. The summed E-state index contributed by atoms with van der Waals surface area (Å²) in [6.45, 7) is 8.36. The van der Waals surface area contributed by atoms with Crippen LogP contribution in [0.25, 0.3) is 0 Å². The Labute approximate surface area is 125 Å². The monoisotopic (exact) mass is 298 g/mol. The van der Waals surface area contributed by atoms with Crippen LogP contribution in [0.15, 0.2) is 18.2 Å². The molecule has 0 spiro atoms. The summed E-state index contributed by atoms with van der Waals surface area (Å²) < 4.78 is 11.6. The minimum atomic E-state index is -0.108. The minimum absolute atomic E-state index is 0.108. The highest BCUT2D eigenvalue weighted by Gasteiger charge is 2.20. The van der Waals surface area contributed by atoms with Crippen molar-refractivity contribution in [2.24, 2.45) is 5.73 Å². The average Bonchev–Trinajstić information content (AvgIpc) is 2.46. The maximum atomic E-state index is 6.01. The third-order valence-electron chi connectivity index (χ3n) is 3.56. The van der Waals surface area contributed by atoms with Crippen molar-refractivity contribution in [1.29, 1.82) is 0 Å². The van der Waals surface area contributed by atoms with Crippen LogP contribution in [-0.2, 0) is 4.74 Å². The zero-order valence-electron chi connectivity index (χ0n) is 12.1. The predicted octanol–water partition coefficient (Wildman–Crippen LogP) is 2.46. The molecule has 1 heterocycles. The van der Waals surface area contributed by atoms with Crippen molar-refractivity contribution < 1.29 is 9.47 Å². The summed E-state index contributed by atoms with van der Waals surface area (Å²) in [5.41, 5.74) is 6.89. The number of hydrogen-bond donors (Lipinski definition) is 1. The first-order valence-electron chi connectivity index (χ1n) is 7.12. The van der Waals surface area contributed by atoms with E-state index < -0.39 is 0 Å². The fraction of sp³-hybridized carbons (Fsp3) is 0.600. The van der Waals surface area contributed by atoms with Gasteiger partial charge in [0.2, 0.25) is 0 Å². The van der Waals surface area contributed by atoms with E-state index in [1.807, 2.05) is 25.1 Å². The van der Waals surface area contributed by atoms with Gasteiger partial charge in [-0.15, -0.1) is 0 Å². The van der Waals surface area contributed by atoms with Crippen molar-refractivity contribution in [3.63, 3.8) is 0 Å². The molecule has 0 amide bonds. The van der Waals surface area contributed by atoms with Gasteiger partial charge in [-0.1, -0.05) is 18.5 Å². The van der Waals surface area contributed by atoms with E-state index in [1.165, 1.54) is 0 Å². The van der Waals surface area contributed by atoms with Gasteiger partial charge in [0.05, 0.1) is 6.61 Å². The lowest BCUT2D eigenvalue weighted by molar-refractivity contribution is -0.0465. The van der Waals surface area contributed by atoms with E-state index in [0.29, 0.717) is 11.6 Å². The van der Waals surface area contributed by atoms with Gasteiger partial charge in [-0.3, -0.25) is 4.90 Å². The summed E-state index contributed by atoms with van der Waals surface area (Å²) in [5, 5.41) is 0.677. The molecule has 2 atom stereocenters. The first-order chi connectivity index (χ1) is 9.60. The first kappa shape index (κ1) is 15.6. The zero-order valence-corrected chi connectivity index (χ0v) is 12.9. The van der Waals surface area contributed by atoms with Crippen molar-refractivity contribution in [3.05, 3.63) is 28.8 Å². The van der Waals surface area contributed by atoms with Gasteiger partial charge in [-0.05, 0) is 31.7 Å². The molecule has 1 saturated heterocycles. The van der Waals surface area contributed by atoms with Crippen LogP contribution in [0.2, 0.25) is 5.02 Å². The van der Waals surface area contributed by atoms with Gasteiger partial charge in [0.15, 0.2) is 0 Å². The molecule has 0 aliphatic carbocycles. The third kappa shape index (κ3) is 4.09. The van der Waals surface area contributed by atoms with Gasteiger partial charge in [0, 0.05) is 29.7 Å². The van der Waals surface area contributed by atoms with Crippen LogP contribution in [0.1, 0.15) is 25.5 Å². The van der Waals surface area contributed by atoms with Crippen LogP contribution < -0.4 is 10.5 Å². The maximum Gasteiger partial charge on any atom is 0.124 e. The standard InChI is InChI=1S/C15H23ClN2O2/c1-3-18-6-7-19-13(9-18)10-20-15-5-4-12(16)8-14(15)11(2)17/h4-5,8,11,13H,3,6-7,9-10,17H2,1-2H3/t11-,13?/m1/s1. The fourth-order valence-corrected chi connectivity index (χ4v) is 2.54. The van der Waals surface area contributed by atoms with Crippen molar-refractivity contribution in [2.45, 2.75) is 26.0 Å². The Kier molecular flexibility index (Phi) is 5.66. The molecule has 1 fully saturated rings. The van der Waals surface area contributed by atoms with Gasteiger partial charge in [-0.25, -0.2) is 0 Å². The number of benzene rings is 1. The molecule has 1 aliphatic rings. The maximum absolute atomic E-state index is 6.01. The number of likely N-dealkylation sites (N-methyl/N-ethyl adjacent to an activating group) is 1. The Bertz CT molecular complexity index is 440. The molecule has 1 aromatic rings. The lowest BCUT2D eigenvalue weighted by Crippen LogP contribution is -2.44. The second-order valence-corrected chi connectivity index (χ2v) is 5.60. The number of halogens is 1. The highest BCUT2D eigenvalue weighted by molar-refractivity contribution is 6.30. The second-order valence-electron chi connectivity index (χ2n) is 5.17. The van der Waals surface area contributed by atoms with Crippen LogP contribution in [0.4, 0.5) is 0 Å². The smallest absolute Gasteiger partial charge is 0.124 e. The van der Waals surface area contributed by atoms with Crippen molar-refractivity contribution in [2.75, 3.05) is 32.8 Å². The van der Waals surface area contributed by atoms with Gasteiger partial charge < -0.3 is 15.2 Å². The number of morpholine rings is 1. The van der Waals surface area contributed by atoms with E-state index in [0.717, 1.165) is 37.6 Å². The average molecular weight is 299 g/mol. The number of rotatable bonds is 5. The molecule has 0 saturated carbocycles. The Morgan fingerprint density at radius 1 is 1.55 bits per heavy atom. The van der Waals surface area contributed by atoms with E-state index in [4.69, 9.17) is 26.8 Å². The zero-order chi connectivity index (χ0) is 14.5. The van der Waals surface area contributed by atoms with E-state index in [2.05, 4.69) is 11.8 Å². The molecule has 1 unspecified atom stereocenters. The number of hydrogen-bond acceptors (Lipinski definition) is 4. The minimum Gasteiger partial charge on any atom is -0.490 e. The largest absolute Gasteiger partial charge is 0.490 e. The molecule has 2 N–H and O–H groups in total. The Balaban J connectivity index is 1.96. The summed E-state index contributed by atoms with van der Waals surface area (Å²) >= 11 is 6.01. The van der Waals surface area contributed by atoms with E-state index in [1.54, 1.807) is 0 Å². The van der Waals surface area contributed by atoms with Crippen LogP contribution >= 0.6 is 11.6 Å². The van der Waals surface area contributed by atoms with Crippen LogP contribution in [0.3, 0.4) is 0 Å². The summed E-state index contributed by atoms with van der Waals surface area (Å²) in [4.78, 5) is 2.37.